The van der Waals surface area contributed by atoms with Crippen LogP contribution in [0.4, 0.5) is 20.2 Å². The summed E-state index contributed by atoms with van der Waals surface area (Å²) in [4.78, 5) is 0.963. The van der Waals surface area contributed by atoms with Gasteiger partial charge in [-0.2, -0.15) is 0 Å². The Kier molecular flexibility index (Phi) is 7.91. The van der Waals surface area contributed by atoms with E-state index >= 15 is 0 Å². The van der Waals surface area contributed by atoms with E-state index in [1.54, 1.807) is 0 Å². The van der Waals surface area contributed by atoms with E-state index in [4.69, 9.17) is 11.5 Å². The molecule has 0 radical (unpaired) electrons. The molecule has 0 aliphatic carbocycles. The van der Waals surface area contributed by atoms with Crippen LogP contribution >= 0.6 is 25.3 Å². The van der Waals surface area contributed by atoms with Gasteiger partial charge in [0, 0.05) is 37.7 Å². The Bertz CT molecular complexity index is 504. The SMILES string of the molecule is Nc1ccc(F)cc1S.Nc1ccc(F)cc1S.[Ni]. The van der Waals surface area contributed by atoms with Crippen molar-refractivity contribution in [3.8, 4) is 0 Å². The van der Waals surface area contributed by atoms with Crippen LogP contribution in [0.15, 0.2) is 46.2 Å². The summed E-state index contributed by atoms with van der Waals surface area (Å²) in [5.41, 5.74) is 11.7. The molecule has 0 atom stereocenters. The van der Waals surface area contributed by atoms with Crippen molar-refractivity contribution >= 4 is 36.6 Å². The zero-order chi connectivity index (χ0) is 13.7. The molecule has 2 rings (SSSR count). The van der Waals surface area contributed by atoms with Crippen molar-refractivity contribution in [2.24, 2.45) is 0 Å². The molecule has 0 amide bonds. The maximum Gasteiger partial charge on any atom is 0.124 e. The van der Waals surface area contributed by atoms with Gasteiger partial charge in [-0.15, -0.1) is 25.3 Å². The van der Waals surface area contributed by atoms with Gasteiger partial charge >= 0.3 is 0 Å². The number of rotatable bonds is 0. The molecule has 0 saturated heterocycles. The largest absolute Gasteiger partial charge is 0.398 e. The first-order chi connectivity index (χ1) is 8.40. The molecule has 0 aliphatic heterocycles. The number of anilines is 2. The van der Waals surface area contributed by atoms with Gasteiger partial charge in [-0.25, -0.2) is 8.78 Å². The minimum Gasteiger partial charge on any atom is -0.398 e. The third-order valence-electron chi connectivity index (χ3n) is 1.98. The molecule has 2 aromatic rings. The Hall–Kier alpha value is -0.906. The quantitative estimate of drug-likeness (QED) is 0.336. The monoisotopic (exact) mass is 344 g/mol. The summed E-state index contributed by atoms with van der Waals surface area (Å²) in [6, 6.07) is 8.12. The molecule has 0 spiro atoms. The van der Waals surface area contributed by atoms with Crippen LogP contribution in [0.5, 0.6) is 0 Å². The van der Waals surface area contributed by atoms with Crippen LogP contribution in [0.25, 0.3) is 0 Å². The zero-order valence-corrected chi connectivity index (χ0v) is 12.4. The normalized spacial score (nSPS) is 9.05. The van der Waals surface area contributed by atoms with Gasteiger partial charge in [-0.1, -0.05) is 0 Å². The summed E-state index contributed by atoms with van der Waals surface area (Å²) < 4.78 is 24.5. The van der Waals surface area contributed by atoms with Crippen LogP contribution in [0.2, 0.25) is 0 Å². The van der Waals surface area contributed by atoms with Crippen LogP contribution in [0, 0.1) is 11.6 Å². The van der Waals surface area contributed by atoms with E-state index < -0.39 is 0 Å². The molecule has 0 saturated carbocycles. The molecule has 0 bridgehead atoms. The Balaban J connectivity index is 0.000000324. The molecule has 2 aromatic carbocycles. The third kappa shape index (κ3) is 6.18. The maximum absolute atomic E-state index is 12.2. The average molecular weight is 345 g/mol. The van der Waals surface area contributed by atoms with Crippen molar-refractivity contribution in [3.63, 3.8) is 0 Å². The van der Waals surface area contributed by atoms with Gasteiger partial charge in [-0.05, 0) is 36.4 Å². The van der Waals surface area contributed by atoms with Gasteiger partial charge in [0.1, 0.15) is 11.6 Å². The van der Waals surface area contributed by atoms with E-state index in [1.165, 1.54) is 36.4 Å². The first kappa shape index (κ1) is 18.1. The number of nitrogens with two attached hydrogens (primary N) is 2. The fraction of sp³-hybridized carbons (Fsp3) is 0. The number of thiol groups is 2. The number of hydrogen-bond acceptors (Lipinski definition) is 4. The van der Waals surface area contributed by atoms with Crippen molar-refractivity contribution in [3.05, 3.63) is 48.0 Å². The van der Waals surface area contributed by atoms with Crippen LogP contribution in [-0.2, 0) is 16.5 Å². The van der Waals surface area contributed by atoms with Crippen molar-refractivity contribution in [2.75, 3.05) is 11.5 Å². The molecule has 0 aromatic heterocycles. The van der Waals surface area contributed by atoms with Crippen molar-refractivity contribution < 1.29 is 25.3 Å². The molecule has 0 aliphatic rings. The van der Waals surface area contributed by atoms with Crippen LogP contribution in [-0.4, -0.2) is 0 Å². The standard InChI is InChI=1S/2C6H6FNS.Ni/c2*7-4-1-2-5(8)6(9)3-4;/h2*1-3,9H,8H2;. The predicted octanol–water partition coefficient (Wildman–Crippen LogP) is 3.39. The van der Waals surface area contributed by atoms with Gasteiger partial charge in [-0.3, -0.25) is 0 Å². The molecule has 19 heavy (non-hydrogen) atoms. The molecular formula is C12H12F2N2NiS2. The zero-order valence-electron chi connectivity index (χ0n) is 9.59. The fourth-order valence-electron chi connectivity index (χ4n) is 1.03. The van der Waals surface area contributed by atoms with E-state index in [0.717, 1.165) is 0 Å². The topological polar surface area (TPSA) is 52.0 Å². The summed E-state index contributed by atoms with van der Waals surface area (Å²) in [6.07, 6.45) is 0. The summed E-state index contributed by atoms with van der Waals surface area (Å²) in [6.45, 7) is 0. The third-order valence-corrected chi connectivity index (χ3v) is 2.76. The summed E-state index contributed by atoms with van der Waals surface area (Å²) in [5, 5.41) is 0. The van der Waals surface area contributed by atoms with E-state index in [9.17, 15) is 8.78 Å². The maximum atomic E-state index is 12.2. The van der Waals surface area contributed by atoms with E-state index in [1.807, 2.05) is 0 Å². The molecule has 4 N–H and O–H groups in total. The van der Waals surface area contributed by atoms with Crippen LogP contribution < -0.4 is 11.5 Å². The first-order valence-electron chi connectivity index (χ1n) is 4.88. The Labute approximate surface area is 131 Å². The van der Waals surface area contributed by atoms with E-state index in [2.05, 4.69) is 25.3 Å². The molecule has 106 valence electrons. The minimum atomic E-state index is -0.311. The van der Waals surface area contributed by atoms with E-state index in [0.29, 0.717) is 21.2 Å². The Morgan fingerprint density at radius 3 is 1.26 bits per heavy atom. The second-order valence-electron chi connectivity index (χ2n) is 3.41. The number of halogens is 2. The van der Waals surface area contributed by atoms with Gasteiger partial charge in [0.25, 0.3) is 0 Å². The Morgan fingerprint density at radius 1 is 0.737 bits per heavy atom. The second-order valence-corrected chi connectivity index (χ2v) is 4.37. The average Bonchev–Trinajstić information content (AvgIpc) is 2.30. The van der Waals surface area contributed by atoms with Crippen molar-refractivity contribution in [1.29, 1.82) is 0 Å². The second kappa shape index (κ2) is 8.30. The summed E-state index contributed by atoms with van der Waals surface area (Å²) in [7, 11) is 0. The Morgan fingerprint density at radius 2 is 1.05 bits per heavy atom. The molecule has 0 heterocycles. The van der Waals surface area contributed by atoms with Gasteiger partial charge in [0.15, 0.2) is 0 Å². The van der Waals surface area contributed by atoms with Gasteiger partial charge in [0.2, 0.25) is 0 Å². The van der Waals surface area contributed by atoms with Crippen LogP contribution in [0.1, 0.15) is 0 Å². The minimum absolute atomic E-state index is 0. The van der Waals surface area contributed by atoms with Crippen LogP contribution in [0.3, 0.4) is 0 Å². The van der Waals surface area contributed by atoms with Crippen molar-refractivity contribution in [2.45, 2.75) is 9.79 Å². The number of nitrogen functional groups attached to an aromatic ring is 2. The summed E-state index contributed by atoms with van der Waals surface area (Å²) >= 11 is 7.81. The molecule has 7 heteroatoms. The molecule has 0 unspecified atom stereocenters. The fourth-order valence-corrected chi connectivity index (χ4v) is 1.43. The molecule has 0 fully saturated rings. The predicted molar refractivity (Wildman–Crippen MR) is 76.1 cm³/mol. The van der Waals surface area contributed by atoms with E-state index in [-0.39, 0.29) is 28.1 Å². The molecule has 2 nitrogen and oxygen atoms in total. The van der Waals surface area contributed by atoms with Gasteiger partial charge < -0.3 is 11.5 Å². The first-order valence-corrected chi connectivity index (χ1v) is 5.77. The van der Waals surface area contributed by atoms with Crippen molar-refractivity contribution in [1.82, 2.24) is 0 Å². The smallest absolute Gasteiger partial charge is 0.124 e. The van der Waals surface area contributed by atoms with Gasteiger partial charge in [0.05, 0.1) is 0 Å². The summed E-state index contributed by atoms with van der Waals surface area (Å²) in [5.74, 6) is -0.622. The molecular weight excluding hydrogens is 333 g/mol. The number of benzene rings is 2. The number of hydrogen-bond donors (Lipinski definition) is 4.